The van der Waals surface area contributed by atoms with Crippen LogP contribution in [0, 0.1) is 10.1 Å². The summed E-state index contributed by atoms with van der Waals surface area (Å²) in [7, 11) is -2.41. The lowest BCUT2D eigenvalue weighted by Gasteiger charge is -2.32. The van der Waals surface area contributed by atoms with Crippen molar-refractivity contribution in [3.63, 3.8) is 0 Å². The average Bonchev–Trinajstić information content (AvgIpc) is 2.54. The van der Waals surface area contributed by atoms with Crippen LogP contribution in [0.5, 0.6) is 0 Å². The van der Waals surface area contributed by atoms with E-state index in [2.05, 4.69) is 11.6 Å². The fourth-order valence-corrected chi connectivity index (χ4v) is 3.37. The Labute approximate surface area is 129 Å². The van der Waals surface area contributed by atoms with Crippen LogP contribution in [0.25, 0.3) is 0 Å². The first kappa shape index (κ1) is 16.7. The van der Waals surface area contributed by atoms with Crippen molar-refractivity contribution < 1.29 is 18.2 Å². The summed E-state index contributed by atoms with van der Waals surface area (Å²) >= 11 is 0. The highest BCUT2D eigenvalue weighted by atomic mass is 32.2. The number of anilines is 1. The van der Waals surface area contributed by atoms with E-state index in [1.54, 1.807) is 0 Å². The third-order valence-electron chi connectivity index (χ3n) is 4.03. The maximum Gasteiger partial charge on any atom is 0.293 e. The van der Waals surface area contributed by atoms with E-state index in [1.807, 2.05) is 4.90 Å². The molecular formula is C13H21N4O4S+. The molecule has 0 aromatic heterocycles. The Balaban J connectivity index is 2.35. The molecule has 1 fully saturated rings. The van der Waals surface area contributed by atoms with Crippen molar-refractivity contribution in [1.82, 2.24) is 4.72 Å². The van der Waals surface area contributed by atoms with Crippen LogP contribution < -0.4 is 14.5 Å². The van der Waals surface area contributed by atoms with Crippen LogP contribution in [0.3, 0.4) is 0 Å². The number of likely N-dealkylation sites (N-methyl/N-ethyl adjacent to an activating group) is 1. The number of quaternary nitrogens is 1. The van der Waals surface area contributed by atoms with Gasteiger partial charge < -0.3 is 9.80 Å². The molecule has 22 heavy (non-hydrogen) atoms. The van der Waals surface area contributed by atoms with Crippen molar-refractivity contribution in [3.8, 4) is 0 Å². The van der Waals surface area contributed by atoms with E-state index >= 15 is 0 Å². The predicted molar refractivity (Wildman–Crippen MR) is 82.8 cm³/mol. The molecule has 1 aromatic carbocycles. The second-order valence-corrected chi connectivity index (χ2v) is 7.09. The molecule has 0 aliphatic carbocycles. The highest BCUT2D eigenvalue weighted by molar-refractivity contribution is 7.89. The standard InChI is InChI=1S/C13H20N4O4S/c1-3-15-6-8-16(9-7-15)12-5-4-11(22(20,21)14-2)10-13(12)17(18)19/h4-5,10,14H,3,6-9H2,1-2H3/p+1. The maximum absolute atomic E-state index is 11.8. The molecule has 8 nitrogen and oxygen atoms in total. The molecule has 0 bridgehead atoms. The van der Waals surface area contributed by atoms with Gasteiger partial charge >= 0.3 is 0 Å². The Morgan fingerprint density at radius 2 is 2.00 bits per heavy atom. The Kier molecular flexibility index (Phi) is 4.99. The van der Waals surface area contributed by atoms with Crippen molar-refractivity contribution in [2.24, 2.45) is 0 Å². The molecule has 1 aliphatic heterocycles. The third kappa shape index (κ3) is 3.37. The molecule has 9 heteroatoms. The summed E-state index contributed by atoms with van der Waals surface area (Å²) in [6.07, 6.45) is 0. The van der Waals surface area contributed by atoms with Crippen molar-refractivity contribution in [2.45, 2.75) is 11.8 Å². The topological polar surface area (TPSA) is 97.0 Å². The van der Waals surface area contributed by atoms with E-state index < -0.39 is 14.9 Å². The Morgan fingerprint density at radius 3 is 2.50 bits per heavy atom. The van der Waals surface area contributed by atoms with Crippen LogP contribution in [0.4, 0.5) is 11.4 Å². The number of hydrogen-bond acceptors (Lipinski definition) is 5. The minimum Gasteiger partial charge on any atom is -0.355 e. The van der Waals surface area contributed by atoms with E-state index in [4.69, 9.17) is 0 Å². The van der Waals surface area contributed by atoms with E-state index in [0.29, 0.717) is 5.69 Å². The van der Waals surface area contributed by atoms with E-state index in [9.17, 15) is 18.5 Å². The zero-order valence-electron chi connectivity index (χ0n) is 12.7. The van der Waals surface area contributed by atoms with Gasteiger partial charge in [-0.05, 0) is 26.1 Å². The molecule has 0 unspecified atom stereocenters. The van der Waals surface area contributed by atoms with Gasteiger partial charge in [0.2, 0.25) is 10.0 Å². The molecule has 1 aromatic rings. The molecule has 0 spiro atoms. The van der Waals surface area contributed by atoms with Crippen LogP contribution in [-0.4, -0.2) is 53.1 Å². The van der Waals surface area contributed by atoms with Gasteiger partial charge in [-0.2, -0.15) is 0 Å². The Bertz CT molecular complexity index is 654. The summed E-state index contributed by atoms with van der Waals surface area (Å²) in [5, 5.41) is 11.3. The molecule has 2 N–H and O–H groups in total. The number of benzene rings is 1. The molecule has 2 rings (SSSR count). The van der Waals surface area contributed by atoms with Crippen molar-refractivity contribution in [1.29, 1.82) is 0 Å². The summed E-state index contributed by atoms with van der Waals surface area (Å²) in [4.78, 5) is 14.1. The zero-order chi connectivity index (χ0) is 16.3. The molecule has 0 amide bonds. The number of sulfonamides is 1. The molecule has 1 saturated heterocycles. The number of nitrogens with one attached hydrogen (secondary N) is 2. The summed E-state index contributed by atoms with van der Waals surface area (Å²) in [6, 6.07) is 4.06. The minimum atomic E-state index is -3.69. The number of hydrogen-bond donors (Lipinski definition) is 2. The van der Waals surface area contributed by atoms with E-state index in [0.717, 1.165) is 38.8 Å². The van der Waals surface area contributed by atoms with Gasteiger partial charge in [-0.1, -0.05) is 0 Å². The number of rotatable bonds is 5. The second kappa shape index (κ2) is 6.59. The summed E-state index contributed by atoms with van der Waals surface area (Å²) in [6.45, 7) is 6.44. The monoisotopic (exact) mass is 329 g/mol. The van der Waals surface area contributed by atoms with Gasteiger partial charge in [0.15, 0.2) is 0 Å². The molecular weight excluding hydrogens is 308 g/mol. The summed E-state index contributed by atoms with van der Waals surface area (Å²) < 4.78 is 25.8. The van der Waals surface area contributed by atoms with Gasteiger partial charge in [-0.25, -0.2) is 13.1 Å². The fraction of sp³-hybridized carbons (Fsp3) is 0.538. The summed E-state index contributed by atoms with van der Waals surface area (Å²) in [5.74, 6) is 0. The quantitative estimate of drug-likeness (QED) is 0.546. The Hall–Kier alpha value is -1.71. The molecule has 0 saturated carbocycles. The van der Waals surface area contributed by atoms with Crippen LogP contribution in [0.15, 0.2) is 23.1 Å². The SMILES string of the molecule is CC[NH+]1CCN(c2ccc(S(=O)(=O)NC)cc2[N+](=O)[O-])CC1. The minimum absolute atomic E-state index is 0.0942. The lowest BCUT2D eigenvalue weighted by atomic mass is 10.2. The number of nitro benzene ring substituents is 1. The first-order chi connectivity index (χ1) is 10.4. The van der Waals surface area contributed by atoms with Gasteiger partial charge in [-0.3, -0.25) is 10.1 Å². The van der Waals surface area contributed by atoms with Gasteiger partial charge in [0.05, 0.1) is 42.5 Å². The van der Waals surface area contributed by atoms with E-state index in [1.165, 1.54) is 24.1 Å². The van der Waals surface area contributed by atoms with Crippen molar-refractivity contribution >= 4 is 21.4 Å². The zero-order valence-corrected chi connectivity index (χ0v) is 13.5. The highest BCUT2D eigenvalue weighted by Crippen LogP contribution is 2.30. The van der Waals surface area contributed by atoms with Crippen LogP contribution in [-0.2, 0) is 10.0 Å². The lowest BCUT2D eigenvalue weighted by molar-refractivity contribution is -0.898. The molecule has 122 valence electrons. The second-order valence-electron chi connectivity index (χ2n) is 5.21. The van der Waals surface area contributed by atoms with E-state index in [-0.39, 0.29) is 10.6 Å². The normalized spacial score (nSPS) is 16.7. The molecule has 0 radical (unpaired) electrons. The van der Waals surface area contributed by atoms with Gasteiger partial charge in [0.25, 0.3) is 5.69 Å². The molecule has 1 aliphatic rings. The van der Waals surface area contributed by atoms with Crippen molar-refractivity contribution in [3.05, 3.63) is 28.3 Å². The van der Waals surface area contributed by atoms with Gasteiger partial charge in [0.1, 0.15) is 5.69 Å². The van der Waals surface area contributed by atoms with Crippen LogP contribution in [0.2, 0.25) is 0 Å². The first-order valence-electron chi connectivity index (χ1n) is 7.19. The fourth-order valence-electron chi connectivity index (χ4n) is 2.62. The van der Waals surface area contributed by atoms with Gasteiger partial charge in [-0.15, -0.1) is 0 Å². The number of nitro groups is 1. The highest BCUT2D eigenvalue weighted by Gasteiger charge is 2.27. The molecule has 1 heterocycles. The maximum atomic E-state index is 11.8. The predicted octanol–water partition coefficient (Wildman–Crippen LogP) is -0.772. The number of nitrogens with zero attached hydrogens (tertiary/aromatic N) is 2. The number of piperazine rings is 1. The summed E-state index contributed by atoms with van der Waals surface area (Å²) in [5.41, 5.74) is 0.312. The van der Waals surface area contributed by atoms with Gasteiger partial charge in [0, 0.05) is 6.07 Å². The first-order valence-corrected chi connectivity index (χ1v) is 8.68. The third-order valence-corrected chi connectivity index (χ3v) is 5.45. The van der Waals surface area contributed by atoms with Crippen LogP contribution >= 0.6 is 0 Å². The lowest BCUT2D eigenvalue weighted by Crippen LogP contribution is -3.14. The smallest absolute Gasteiger partial charge is 0.293 e. The largest absolute Gasteiger partial charge is 0.355 e. The Morgan fingerprint density at radius 1 is 1.36 bits per heavy atom. The van der Waals surface area contributed by atoms with Crippen molar-refractivity contribution in [2.75, 3.05) is 44.7 Å². The van der Waals surface area contributed by atoms with Crippen LogP contribution in [0.1, 0.15) is 6.92 Å². The molecule has 0 atom stereocenters. The average molecular weight is 329 g/mol.